The van der Waals surface area contributed by atoms with Gasteiger partial charge in [-0.2, -0.15) is 0 Å². The zero-order chi connectivity index (χ0) is 13.8. The van der Waals surface area contributed by atoms with Crippen LogP contribution in [0.1, 0.15) is 23.3 Å². The molecule has 0 bridgehead atoms. The van der Waals surface area contributed by atoms with Crippen molar-refractivity contribution in [2.45, 2.75) is 18.9 Å². The van der Waals surface area contributed by atoms with Gasteiger partial charge >= 0.3 is 0 Å². The van der Waals surface area contributed by atoms with Gasteiger partial charge in [0, 0.05) is 33.7 Å². The van der Waals surface area contributed by atoms with Crippen LogP contribution in [-0.2, 0) is 0 Å². The summed E-state index contributed by atoms with van der Waals surface area (Å²) in [4.78, 5) is 15.3. The van der Waals surface area contributed by atoms with Crippen molar-refractivity contribution in [2.75, 3.05) is 39.1 Å². The maximum absolute atomic E-state index is 11.7. The van der Waals surface area contributed by atoms with E-state index < -0.39 is 0 Å². The second-order valence-electron chi connectivity index (χ2n) is 5.15. The van der Waals surface area contributed by atoms with Crippen molar-refractivity contribution in [1.82, 2.24) is 20.4 Å². The Kier molecular flexibility index (Phi) is 4.31. The molecule has 0 aromatic carbocycles. The van der Waals surface area contributed by atoms with Crippen molar-refractivity contribution >= 4 is 11.7 Å². The Bertz CT molecular complexity index is 425. The molecule has 1 aliphatic rings. The summed E-state index contributed by atoms with van der Waals surface area (Å²) in [5.74, 6) is 0.670. The van der Waals surface area contributed by atoms with Gasteiger partial charge in [-0.05, 0) is 31.5 Å². The molecule has 2 rings (SSSR count). The molecule has 1 aliphatic heterocycles. The molecule has 1 amide bonds. The second kappa shape index (κ2) is 5.97. The Labute approximate surface area is 113 Å². The molecule has 6 nitrogen and oxygen atoms in total. The van der Waals surface area contributed by atoms with Crippen molar-refractivity contribution in [3.8, 4) is 0 Å². The van der Waals surface area contributed by atoms with E-state index in [1.807, 2.05) is 13.1 Å². The quantitative estimate of drug-likeness (QED) is 0.850. The average Bonchev–Trinajstić information content (AvgIpc) is 2.90. The molecule has 0 spiro atoms. The highest BCUT2D eigenvalue weighted by Crippen LogP contribution is 2.12. The van der Waals surface area contributed by atoms with E-state index in [1.165, 1.54) is 17.7 Å². The number of hydrogen-bond donors (Lipinski definition) is 1. The summed E-state index contributed by atoms with van der Waals surface area (Å²) < 4.78 is 0. The number of rotatable bonds is 4. The molecule has 1 atom stereocenters. The molecule has 1 fully saturated rings. The van der Waals surface area contributed by atoms with Gasteiger partial charge in [-0.1, -0.05) is 0 Å². The zero-order valence-corrected chi connectivity index (χ0v) is 11.8. The molecule has 19 heavy (non-hydrogen) atoms. The average molecular weight is 263 g/mol. The van der Waals surface area contributed by atoms with E-state index in [-0.39, 0.29) is 5.91 Å². The van der Waals surface area contributed by atoms with Gasteiger partial charge < -0.3 is 15.1 Å². The van der Waals surface area contributed by atoms with Gasteiger partial charge in [0.15, 0.2) is 11.5 Å². The Hall–Kier alpha value is -1.69. The third-order valence-electron chi connectivity index (χ3n) is 3.32. The lowest BCUT2D eigenvalue weighted by Gasteiger charge is -2.21. The lowest BCUT2D eigenvalue weighted by atomic mass is 10.2. The van der Waals surface area contributed by atoms with Crippen LogP contribution in [0.5, 0.6) is 0 Å². The fourth-order valence-corrected chi connectivity index (χ4v) is 2.21. The number of nitrogens with zero attached hydrogens (tertiary/aromatic N) is 4. The number of anilines is 1. The standard InChI is InChI=1S/C13H21N5O/c1-17(2)13(19)11-6-7-12(16-15-11)18(3)9-10-5-4-8-14-10/h6-7,10,14H,4-5,8-9H2,1-3H3. The summed E-state index contributed by atoms with van der Waals surface area (Å²) in [6.07, 6.45) is 2.44. The first kappa shape index (κ1) is 13.7. The summed E-state index contributed by atoms with van der Waals surface area (Å²) >= 11 is 0. The molecule has 0 radical (unpaired) electrons. The minimum Gasteiger partial charge on any atom is -0.357 e. The summed E-state index contributed by atoms with van der Waals surface area (Å²) in [6, 6.07) is 4.09. The highest BCUT2D eigenvalue weighted by atomic mass is 16.2. The van der Waals surface area contributed by atoms with Gasteiger partial charge in [-0.3, -0.25) is 4.79 Å². The van der Waals surface area contributed by atoms with Crippen LogP contribution in [0.2, 0.25) is 0 Å². The first-order valence-electron chi connectivity index (χ1n) is 6.58. The van der Waals surface area contributed by atoms with Gasteiger partial charge in [0.25, 0.3) is 5.91 Å². The Morgan fingerprint density at radius 1 is 1.37 bits per heavy atom. The van der Waals surface area contributed by atoms with Crippen molar-refractivity contribution in [2.24, 2.45) is 0 Å². The van der Waals surface area contributed by atoms with Crippen molar-refractivity contribution in [3.05, 3.63) is 17.8 Å². The SMILES string of the molecule is CN(C)C(=O)c1ccc(N(C)CC2CCCN2)nn1. The van der Waals surface area contributed by atoms with Crippen LogP contribution >= 0.6 is 0 Å². The Morgan fingerprint density at radius 3 is 2.68 bits per heavy atom. The predicted molar refractivity (Wildman–Crippen MR) is 74.3 cm³/mol. The smallest absolute Gasteiger partial charge is 0.273 e. The van der Waals surface area contributed by atoms with Crippen LogP contribution in [0.25, 0.3) is 0 Å². The third kappa shape index (κ3) is 3.41. The number of aromatic nitrogens is 2. The number of hydrogen-bond acceptors (Lipinski definition) is 5. The summed E-state index contributed by atoms with van der Waals surface area (Å²) in [5, 5.41) is 11.6. The lowest BCUT2D eigenvalue weighted by molar-refractivity contribution is 0.0821. The fourth-order valence-electron chi connectivity index (χ4n) is 2.21. The van der Waals surface area contributed by atoms with Gasteiger partial charge in [0.1, 0.15) is 0 Å². The molecule has 104 valence electrons. The molecule has 6 heteroatoms. The van der Waals surface area contributed by atoms with E-state index >= 15 is 0 Å². The number of carbonyl (C=O) groups is 1. The monoisotopic (exact) mass is 263 g/mol. The van der Waals surface area contributed by atoms with Gasteiger partial charge in [0.05, 0.1) is 0 Å². The van der Waals surface area contributed by atoms with Crippen LogP contribution in [0.4, 0.5) is 5.82 Å². The molecular weight excluding hydrogens is 242 g/mol. The number of amides is 1. The highest BCUT2D eigenvalue weighted by molar-refractivity contribution is 5.91. The van der Waals surface area contributed by atoms with E-state index in [1.54, 1.807) is 20.2 Å². The molecule has 1 N–H and O–H groups in total. The molecular formula is C13H21N5O. The lowest BCUT2D eigenvalue weighted by Crippen LogP contribution is -2.35. The van der Waals surface area contributed by atoms with Crippen molar-refractivity contribution in [1.29, 1.82) is 0 Å². The molecule has 1 aromatic rings. The van der Waals surface area contributed by atoms with E-state index in [0.29, 0.717) is 11.7 Å². The minimum atomic E-state index is -0.126. The topological polar surface area (TPSA) is 61.4 Å². The predicted octanol–water partition coefficient (Wildman–Crippen LogP) is 0.367. The minimum absolute atomic E-state index is 0.126. The molecule has 0 aliphatic carbocycles. The summed E-state index contributed by atoms with van der Waals surface area (Å²) in [6.45, 7) is 2.01. The summed E-state index contributed by atoms with van der Waals surface area (Å²) in [5.41, 5.74) is 0.376. The van der Waals surface area contributed by atoms with Crippen LogP contribution in [-0.4, -0.2) is 61.3 Å². The highest BCUT2D eigenvalue weighted by Gasteiger charge is 2.17. The zero-order valence-electron chi connectivity index (χ0n) is 11.8. The van der Waals surface area contributed by atoms with Gasteiger partial charge in [-0.15, -0.1) is 10.2 Å². The van der Waals surface area contributed by atoms with Gasteiger partial charge in [-0.25, -0.2) is 0 Å². The first-order valence-corrected chi connectivity index (χ1v) is 6.58. The van der Waals surface area contributed by atoms with Crippen molar-refractivity contribution in [3.63, 3.8) is 0 Å². The van der Waals surface area contributed by atoms with Crippen LogP contribution in [0, 0.1) is 0 Å². The van der Waals surface area contributed by atoms with Crippen LogP contribution in [0.15, 0.2) is 12.1 Å². The Balaban J connectivity index is 1.99. The maximum Gasteiger partial charge on any atom is 0.273 e. The Morgan fingerprint density at radius 2 is 2.16 bits per heavy atom. The van der Waals surface area contributed by atoms with Gasteiger partial charge in [0.2, 0.25) is 0 Å². The molecule has 0 saturated carbocycles. The molecule has 1 saturated heterocycles. The van der Waals surface area contributed by atoms with E-state index in [4.69, 9.17) is 0 Å². The second-order valence-corrected chi connectivity index (χ2v) is 5.15. The largest absolute Gasteiger partial charge is 0.357 e. The molecule has 1 unspecified atom stereocenters. The maximum atomic E-state index is 11.7. The fraction of sp³-hybridized carbons (Fsp3) is 0.615. The summed E-state index contributed by atoms with van der Waals surface area (Å²) in [7, 11) is 5.41. The van der Waals surface area contributed by atoms with E-state index in [2.05, 4.69) is 20.4 Å². The van der Waals surface area contributed by atoms with E-state index in [9.17, 15) is 4.79 Å². The molecule has 1 aromatic heterocycles. The van der Waals surface area contributed by atoms with Crippen LogP contribution < -0.4 is 10.2 Å². The number of carbonyl (C=O) groups excluding carboxylic acids is 1. The van der Waals surface area contributed by atoms with Crippen molar-refractivity contribution < 1.29 is 4.79 Å². The molecule has 2 heterocycles. The first-order chi connectivity index (χ1) is 9.08. The van der Waals surface area contributed by atoms with Crippen LogP contribution in [0.3, 0.4) is 0 Å². The number of likely N-dealkylation sites (N-methyl/N-ethyl adjacent to an activating group) is 1. The van der Waals surface area contributed by atoms with E-state index in [0.717, 1.165) is 18.9 Å². The third-order valence-corrected chi connectivity index (χ3v) is 3.32. The normalized spacial score (nSPS) is 18.4. The number of nitrogens with one attached hydrogen (secondary N) is 1.